The van der Waals surface area contributed by atoms with Gasteiger partial charge in [-0.05, 0) is 42.8 Å². The number of benzene rings is 3. The second-order valence-electron chi connectivity index (χ2n) is 6.41. The molecule has 1 heterocycles. The van der Waals surface area contributed by atoms with Gasteiger partial charge in [-0.3, -0.25) is 4.79 Å². The summed E-state index contributed by atoms with van der Waals surface area (Å²) in [5.74, 6) is 0.253. The van der Waals surface area contributed by atoms with Crippen molar-refractivity contribution in [3.8, 4) is 11.5 Å². The van der Waals surface area contributed by atoms with Crippen molar-refractivity contribution in [1.82, 2.24) is 0 Å². The molecule has 0 spiro atoms. The summed E-state index contributed by atoms with van der Waals surface area (Å²) < 4.78 is 25.7. The molecule has 1 aliphatic rings. The molecule has 0 amide bonds. The first-order valence-electron chi connectivity index (χ1n) is 8.73. The van der Waals surface area contributed by atoms with Gasteiger partial charge in [0, 0.05) is 11.1 Å². The van der Waals surface area contributed by atoms with Crippen molar-refractivity contribution < 1.29 is 18.7 Å². The fourth-order valence-corrected chi connectivity index (χ4v) is 3.26. The topological polar surface area (TPSA) is 35.5 Å². The lowest BCUT2D eigenvalue weighted by molar-refractivity contribution is 0.101. The van der Waals surface area contributed by atoms with E-state index in [1.165, 1.54) is 18.2 Å². The van der Waals surface area contributed by atoms with Gasteiger partial charge in [-0.1, -0.05) is 48.0 Å². The quantitative estimate of drug-likeness (QED) is 0.510. The van der Waals surface area contributed by atoms with Crippen LogP contribution in [0.15, 0.2) is 66.4 Å². The van der Waals surface area contributed by atoms with Gasteiger partial charge in [-0.15, -0.1) is 0 Å². The summed E-state index contributed by atoms with van der Waals surface area (Å²) in [5.41, 5.74) is 2.29. The smallest absolute Gasteiger partial charge is 0.231 e. The zero-order chi connectivity index (χ0) is 19.7. The van der Waals surface area contributed by atoms with Crippen molar-refractivity contribution >= 4 is 23.5 Å². The van der Waals surface area contributed by atoms with Crippen molar-refractivity contribution in [2.24, 2.45) is 0 Å². The average molecular weight is 395 g/mol. The molecule has 0 saturated heterocycles. The van der Waals surface area contributed by atoms with Gasteiger partial charge >= 0.3 is 0 Å². The Morgan fingerprint density at radius 1 is 1.07 bits per heavy atom. The number of rotatable bonds is 4. The molecule has 140 valence electrons. The molecule has 3 nitrogen and oxygen atoms in total. The van der Waals surface area contributed by atoms with Crippen LogP contribution in [0.4, 0.5) is 4.39 Å². The zero-order valence-electron chi connectivity index (χ0n) is 15.0. The molecule has 0 unspecified atom stereocenters. The van der Waals surface area contributed by atoms with Gasteiger partial charge in [0.25, 0.3) is 0 Å². The Kier molecular flexibility index (Phi) is 4.88. The van der Waals surface area contributed by atoms with Crippen LogP contribution >= 0.6 is 11.6 Å². The van der Waals surface area contributed by atoms with Gasteiger partial charge in [-0.25, -0.2) is 4.39 Å². The highest BCUT2D eigenvalue weighted by atomic mass is 35.5. The summed E-state index contributed by atoms with van der Waals surface area (Å²) in [6, 6.07) is 17.5. The molecule has 0 fully saturated rings. The maximum Gasteiger partial charge on any atom is 0.231 e. The van der Waals surface area contributed by atoms with Crippen molar-refractivity contribution in [2.75, 3.05) is 0 Å². The number of ether oxygens (including phenoxy) is 2. The molecule has 0 N–H and O–H groups in total. The predicted octanol–water partition coefficient (Wildman–Crippen LogP) is 5.98. The maximum absolute atomic E-state index is 14.0. The monoisotopic (exact) mass is 394 g/mol. The number of carbonyl (C=O) groups is 1. The minimum absolute atomic E-state index is 0.0327. The highest BCUT2D eigenvalue weighted by Gasteiger charge is 2.30. The average Bonchev–Trinajstić information content (AvgIpc) is 3.02. The largest absolute Gasteiger partial charge is 0.488 e. The first kappa shape index (κ1) is 18.3. The number of Topliss-reactive ketones (excluding diaryl/α,β-unsaturated/α-hetero) is 1. The molecule has 0 bridgehead atoms. The lowest BCUT2D eigenvalue weighted by Crippen LogP contribution is -1.99. The predicted molar refractivity (Wildman–Crippen MR) is 106 cm³/mol. The van der Waals surface area contributed by atoms with Crippen LogP contribution in [0.1, 0.15) is 27.0 Å². The van der Waals surface area contributed by atoms with Crippen LogP contribution in [0.3, 0.4) is 0 Å². The molecular formula is C23H16ClFO3. The number of allylic oxidation sites excluding steroid dienone is 1. The first-order chi connectivity index (χ1) is 13.5. The first-order valence-corrected chi connectivity index (χ1v) is 9.11. The van der Waals surface area contributed by atoms with E-state index in [4.69, 9.17) is 21.1 Å². The second-order valence-corrected chi connectivity index (χ2v) is 6.82. The molecule has 0 aliphatic carbocycles. The third kappa shape index (κ3) is 3.39. The third-order valence-electron chi connectivity index (χ3n) is 4.55. The van der Waals surface area contributed by atoms with Crippen LogP contribution in [0.5, 0.6) is 11.5 Å². The van der Waals surface area contributed by atoms with E-state index in [1.54, 1.807) is 18.2 Å². The van der Waals surface area contributed by atoms with Crippen LogP contribution in [0.25, 0.3) is 6.08 Å². The number of carbonyl (C=O) groups excluding carboxylic acids is 1. The lowest BCUT2D eigenvalue weighted by Gasteiger charge is -2.11. The second kappa shape index (κ2) is 7.49. The van der Waals surface area contributed by atoms with Gasteiger partial charge in [0.05, 0.1) is 10.6 Å². The zero-order valence-corrected chi connectivity index (χ0v) is 15.8. The molecule has 5 heteroatoms. The molecule has 28 heavy (non-hydrogen) atoms. The van der Waals surface area contributed by atoms with Crippen molar-refractivity contribution in [2.45, 2.75) is 13.5 Å². The van der Waals surface area contributed by atoms with Gasteiger partial charge in [0.15, 0.2) is 5.76 Å². The summed E-state index contributed by atoms with van der Waals surface area (Å²) >= 11 is 6.05. The molecule has 4 rings (SSSR count). The number of hydrogen-bond donors (Lipinski definition) is 0. The Hall–Kier alpha value is -3.11. The molecule has 3 aromatic rings. The summed E-state index contributed by atoms with van der Waals surface area (Å²) in [7, 11) is 0. The summed E-state index contributed by atoms with van der Waals surface area (Å²) in [6.07, 6.45) is 1.34. The van der Waals surface area contributed by atoms with E-state index in [2.05, 4.69) is 0 Å². The Balaban J connectivity index is 1.62. The van der Waals surface area contributed by atoms with Crippen LogP contribution in [-0.4, -0.2) is 5.78 Å². The number of fused-ring (bicyclic) bond motifs is 1. The van der Waals surface area contributed by atoms with Crippen molar-refractivity contribution in [3.63, 3.8) is 0 Å². The molecule has 0 saturated carbocycles. The van der Waals surface area contributed by atoms with Gasteiger partial charge in [-0.2, -0.15) is 0 Å². The number of halogens is 2. The Morgan fingerprint density at radius 2 is 1.86 bits per heavy atom. The van der Waals surface area contributed by atoms with Crippen LogP contribution in [0.2, 0.25) is 5.02 Å². The molecule has 1 aliphatic heterocycles. The molecule has 3 aromatic carbocycles. The standard InChI is InChI=1S/C23H16ClFO3/c1-14-20(27-13-15-6-3-2-4-7-15)11-10-16-22(26)21(28-23(14)16)12-17-18(24)8-5-9-19(17)25/h2-12H,13H2,1H3/b21-12-. The normalized spacial score (nSPS) is 14.1. The van der Waals surface area contributed by atoms with Crippen molar-refractivity contribution in [3.05, 3.63) is 99.5 Å². The molecule has 0 radical (unpaired) electrons. The van der Waals surface area contributed by atoms with E-state index in [1.807, 2.05) is 37.3 Å². The Morgan fingerprint density at radius 3 is 2.61 bits per heavy atom. The van der Waals surface area contributed by atoms with Crippen LogP contribution in [-0.2, 0) is 6.61 Å². The number of hydrogen-bond acceptors (Lipinski definition) is 3. The van der Waals surface area contributed by atoms with E-state index in [9.17, 15) is 9.18 Å². The highest BCUT2D eigenvalue weighted by Crippen LogP contribution is 2.40. The van der Waals surface area contributed by atoms with E-state index in [-0.39, 0.29) is 22.1 Å². The van der Waals surface area contributed by atoms with E-state index in [0.29, 0.717) is 29.2 Å². The third-order valence-corrected chi connectivity index (χ3v) is 4.88. The molecule has 0 aromatic heterocycles. The van der Waals surface area contributed by atoms with E-state index in [0.717, 1.165) is 5.56 Å². The van der Waals surface area contributed by atoms with Gasteiger partial charge in [0.2, 0.25) is 5.78 Å². The van der Waals surface area contributed by atoms with E-state index >= 15 is 0 Å². The summed E-state index contributed by atoms with van der Waals surface area (Å²) in [6.45, 7) is 2.23. The fourth-order valence-electron chi connectivity index (χ4n) is 3.04. The summed E-state index contributed by atoms with van der Waals surface area (Å²) in [5, 5.41) is 0.212. The molecule has 0 atom stereocenters. The Labute approximate surface area is 167 Å². The Bertz CT molecular complexity index is 1070. The van der Waals surface area contributed by atoms with Crippen LogP contribution in [0, 0.1) is 12.7 Å². The fraction of sp³-hybridized carbons (Fsp3) is 0.0870. The van der Waals surface area contributed by atoms with Crippen molar-refractivity contribution in [1.29, 1.82) is 0 Å². The number of ketones is 1. The SMILES string of the molecule is Cc1c(OCc2ccccc2)ccc2c1O/C(=C\c1c(F)cccc1Cl)C2=O. The summed E-state index contributed by atoms with van der Waals surface area (Å²) in [4.78, 5) is 12.7. The highest BCUT2D eigenvalue weighted by molar-refractivity contribution is 6.32. The molecular weight excluding hydrogens is 379 g/mol. The lowest BCUT2D eigenvalue weighted by atomic mass is 10.1. The minimum Gasteiger partial charge on any atom is -0.488 e. The van der Waals surface area contributed by atoms with Gasteiger partial charge in [0.1, 0.15) is 23.9 Å². The van der Waals surface area contributed by atoms with E-state index < -0.39 is 5.82 Å². The minimum atomic E-state index is -0.518. The maximum atomic E-state index is 14.0. The van der Waals surface area contributed by atoms with Crippen LogP contribution < -0.4 is 9.47 Å². The van der Waals surface area contributed by atoms with Gasteiger partial charge < -0.3 is 9.47 Å².